The number of halogens is 1. The van der Waals surface area contributed by atoms with Crippen molar-refractivity contribution in [3.05, 3.63) is 29.6 Å². The Kier molecular flexibility index (Phi) is 1.73. The van der Waals surface area contributed by atoms with Crippen molar-refractivity contribution in [3.63, 3.8) is 0 Å². The highest BCUT2D eigenvalue weighted by molar-refractivity contribution is 5.38. The molecule has 2 nitrogen and oxygen atoms in total. The molecule has 0 amide bonds. The van der Waals surface area contributed by atoms with Gasteiger partial charge in [0.25, 0.3) is 0 Å². The number of hydrogen-bond donors (Lipinski definition) is 1. The van der Waals surface area contributed by atoms with Crippen LogP contribution in [-0.4, -0.2) is 12.6 Å². The summed E-state index contributed by atoms with van der Waals surface area (Å²) in [5.74, 6) is 0.453. The van der Waals surface area contributed by atoms with E-state index in [9.17, 15) is 4.39 Å². The summed E-state index contributed by atoms with van der Waals surface area (Å²) >= 11 is 0. The van der Waals surface area contributed by atoms with E-state index in [2.05, 4.69) is 0 Å². The van der Waals surface area contributed by atoms with Gasteiger partial charge in [-0.3, -0.25) is 0 Å². The number of benzene rings is 1. The van der Waals surface area contributed by atoms with Crippen LogP contribution < -0.4 is 10.5 Å². The Hall–Kier alpha value is -1.09. The molecule has 0 aromatic heterocycles. The van der Waals surface area contributed by atoms with Gasteiger partial charge in [0.05, 0.1) is 0 Å². The third-order valence-corrected chi connectivity index (χ3v) is 2.06. The Balaban J connectivity index is 2.35. The third kappa shape index (κ3) is 1.06. The summed E-state index contributed by atoms with van der Waals surface area (Å²) in [5, 5.41) is 0. The third-order valence-electron chi connectivity index (χ3n) is 2.06. The molecule has 1 aliphatic rings. The van der Waals surface area contributed by atoms with E-state index in [1.807, 2.05) is 0 Å². The molecule has 0 radical (unpaired) electrons. The highest BCUT2D eigenvalue weighted by Gasteiger charge is 2.23. The molecule has 2 rings (SSSR count). The van der Waals surface area contributed by atoms with Crippen LogP contribution in [-0.2, 0) is 6.42 Å². The quantitative estimate of drug-likeness (QED) is 0.679. The summed E-state index contributed by atoms with van der Waals surface area (Å²) in [5.41, 5.74) is 6.08. The van der Waals surface area contributed by atoms with Crippen molar-refractivity contribution in [2.24, 2.45) is 5.73 Å². The first-order chi connectivity index (χ1) is 5.81. The average molecular weight is 167 g/mol. The molecule has 12 heavy (non-hydrogen) atoms. The van der Waals surface area contributed by atoms with Crippen LogP contribution in [0.25, 0.3) is 0 Å². The van der Waals surface area contributed by atoms with Crippen molar-refractivity contribution in [1.82, 2.24) is 0 Å². The minimum absolute atomic E-state index is 0.0445. The summed E-state index contributed by atoms with van der Waals surface area (Å²) in [4.78, 5) is 0. The standard InChI is InChI=1S/C9H10FNO/c10-8-2-1-3-9-7(8)4-6(5-11)12-9/h1-3,6H,4-5,11H2. The minimum Gasteiger partial charge on any atom is -0.488 e. The molecule has 1 heterocycles. The van der Waals surface area contributed by atoms with Crippen LogP contribution in [0.2, 0.25) is 0 Å². The van der Waals surface area contributed by atoms with E-state index in [0.29, 0.717) is 24.3 Å². The van der Waals surface area contributed by atoms with Gasteiger partial charge in [-0.15, -0.1) is 0 Å². The Morgan fingerprint density at radius 3 is 3.08 bits per heavy atom. The lowest BCUT2D eigenvalue weighted by atomic mass is 10.1. The molecule has 1 atom stereocenters. The van der Waals surface area contributed by atoms with Crippen LogP contribution in [0.5, 0.6) is 5.75 Å². The first-order valence-corrected chi connectivity index (χ1v) is 3.95. The van der Waals surface area contributed by atoms with E-state index >= 15 is 0 Å². The first-order valence-electron chi connectivity index (χ1n) is 3.95. The average Bonchev–Trinajstić information content (AvgIpc) is 2.49. The van der Waals surface area contributed by atoms with Gasteiger partial charge < -0.3 is 10.5 Å². The smallest absolute Gasteiger partial charge is 0.130 e. The maximum atomic E-state index is 13.1. The van der Waals surface area contributed by atoms with E-state index in [1.165, 1.54) is 6.07 Å². The minimum atomic E-state index is -0.191. The Labute approximate surface area is 70.1 Å². The lowest BCUT2D eigenvalue weighted by Crippen LogP contribution is -2.24. The van der Waals surface area contributed by atoms with E-state index < -0.39 is 0 Å². The zero-order chi connectivity index (χ0) is 8.55. The van der Waals surface area contributed by atoms with Gasteiger partial charge in [0.15, 0.2) is 0 Å². The summed E-state index contributed by atoms with van der Waals surface area (Å²) in [6.45, 7) is 0.439. The van der Waals surface area contributed by atoms with Gasteiger partial charge in [-0.25, -0.2) is 4.39 Å². The summed E-state index contributed by atoms with van der Waals surface area (Å²) < 4.78 is 18.5. The number of ether oxygens (including phenoxy) is 1. The zero-order valence-electron chi connectivity index (χ0n) is 6.59. The van der Waals surface area contributed by atoms with Crippen molar-refractivity contribution in [3.8, 4) is 5.75 Å². The number of nitrogens with two attached hydrogens (primary N) is 1. The molecule has 64 valence electrons. The van der Waals surface area contributed by atoms with E-state index in [4.69, 9.17) is 10.5 Å². The lowest BCUT2D eigenvalue weighted by molar-refractivity contribution is 0.241. The molecular formula is C9H10FNO. The fourth-order valence-corrected chi connectivity index (χ4v) is 1.43. The lowest BCUT2D eigenvalue weighted by Gasteiger charge is -2.05. The van der Waals surface area contributed by atoms with Gasteiger partial charge in [0.1, 0.15) is 17.7 Å². The summed E-state index contributed by atoms with van der Waals surface area (Å²) in [7, 11) is 0. The van der Waals surface area contributed by atoms with Crippen molar-refractivity contribution in [2.45, 2.75) is 12.5 Å². The van der Waals surface area contributed by atoms with Gasteiger partial charge in [0, 0.05) is 18.5 Å². The van der Waals surface area contributed by atoms with Crippen LogP contribution in [0, 0.1) is 5.82 Å². The van der Waals surface area contributed by atoms with E-state index in [0.717, 1.165) is 0 Å². The van der Waals surface area contributed by atoms with Gasteiger partial charge in [-0.2, -0.15) is 0 Å². The van der Waals surface area contributed by atoms with E-state index in [1.54, 1.807) is 12.1 Å². The second-order valence-electron chi connectivity index (χ2n) is 2.90. The van der Waals surface area contributed by atoms with Gasteiger partial charge in [-0.1, -0.05) is 6.07 Å². The first kappa shape index (κ1) is 7.55. The molecule has 0 spiro atoms. The maximum absolute atomic E-state index is 13.1. The molecule has 3 heteroatoms. The Morgan fingerprint density at radius 1 is 1.58 bits per heavy atom. The Morgan fingerprint density at radius 2 is 2.42 bits per heavy atom. The fraction of sp³-hybridized carbons (Fsp3) is 0.333. The number of fused-ring (bicyclic) bond motifs is 1. The predicted molar refractivity (Wildman–Crippen MR) is 43.6 cm³/mol. The van der Waals surface area contributed by atoms with Crippen molar-refractivity contribution >= 4 is 0 Å². The molecule has 0 bridgehead atoms. The largest absolute Gasteiger partial charge is 0.488 e. The monoisotopic (exact) mass is 167 g/mol. The predicted octanol–water partition coefficient (Wildman–Crippen LogP) is 1.09. The molecule has 0 saturated heterocycles. The molecule has 0 fully saturated rings. The van der Waals surface area contributed by atoms with Crippen LogP contribution in [0.3, 0.4) is 0 Å². The molecule has 0 saturated carbocycles. The van der Waals surface area contributed by atoms with Crippen molar-refractivity contribution < 1.29 is 9.13 Å². The highest BCUT2D eigenvalue weighted by Crippen LogP contribution is 2.29. The van der Waals surface area contributed by atoms with Gasteiger partial charge in [0.2, 0.25) is 0 Å². The molecular weight excluding hydrogens is 157 g/mol. The van der Waals surface area contributed by atoms with Crippen LogP contribution in [0.4, 0.5) is 4.39 Å². The van der Waals surface area contributed by atoms with Crippen molar-refractivity contribution in [2.75, 3.05) is 6.54 Å². The molecule has 1 aliphatic heterocycles. The topological polar surface area (TPSA) is 35.2 Å². The Bertz CT molecular complexity index is 301. The molecule has 2 N–H and O–H groups in total. The van der Waals surface area contributed by atoms with Crippen LogP contribution in [0.15, 0.2) is 18.2 Å². The normalized spacial score (nSPS) is 20.3. The van der Waals surface area contributed by atoms with Crippen LogP contribution in [0.1, 0.15) is 5.56 Å². The fourth-order valence-electron chi connectivity index (χ4n) is 1.43. The molecule has 1 aromatic carbocycles. The van der Waals surface area contributed by atoms with E-state index in [-0.39, 0.29) is 11.9 Å². The second kappa shape index (κ2) is 2.75. The number of hydrogen-bond acceptors (Lipinski definition) is 2. The second-order valence-corrected chi connectivity index (χ2v) is 2.90. The van der Waals surface area contributed by atoms with Crippen LogP contribution >= 0.6 is 0 Å². The van der Waals surface area contributed by atoms with Gasteiger partial charge in [-0.05, 0) is 12.1 Å². The zero-order valence-corrected chi connectivity index (χ0v) is 6.59. The van der Waals surface area contributed by atoms with Crippen molar-refractivity contribution in [1.29, 1.82) is 0 Å². The summed E-state index contributed by atoms with van der Waals surface area (Å²) in [6.07, 6.45) is 0.551. The van der Waals surface area contributed by atoms with Gasteiger partial charge >= 0.3 is 0 Å². The molecule has 1 unspecified atom stereocenters. The molecule has 0 aliphatic carbocycles. The summed E-state index contributed by atoms with van der Waals surface area (Å²) in [6, 6.07) is 4.86. The molecule has 1 aromatic rings. The highest BCUT2D eigenvalue weighted by atomic mass is 19.1. The number of rotatable bonds is 1. The maximum Gasteiger partial charge on any atom is 0.130 e. The SMILES string of the molecule is NCC1Cc2c(F)cccc2O1.